The highest BCUT2D eigenvalue weighted by molar-refractivity contribution is 5.99. The van der Waals surface area contributed by atoms with Gasteiger partial charge in [0.05, 0.1) is 34.7 Å². The number of carboxylic acids is 1. The maximum Gasteiger partial charge on any atom is 0.336 e. The van der Waals surface area contributed by atoms with Crippen LogP contribution in [-0.4, -0.2) is 89.6 Å². The molecule has 0 aromatic heterocycles. The summed E-state index contributed by atoms with van der Waals surface area (Å²) < 4.78 is 5.83. The molecule has 226 valence electrons. The number of carbonyl (C=O) groups is 2. The molecule has 0 saturated carbocycles. The molecule has 41 heavy (non-hydrogen) atoms. The molecule has 3 rings (SSSR count). The van der Waals surface area contributed by atoms with Gasteiger partial charge >= 0.3 is 11.9 Å². The van der Waals surface area contributed by atoms with Gasteiger partial charge in [-0.05, 0) is 19.4 Å². The number of halogens is 2. The average molecular weight is 613 g/mol. The molecule has 0 aliphatic carbocycles. The molecular weight excluding hydrogens is 573 g/mol. The highest BCUT2D eigenvalue weighted by atomic mass is 35.5. The van der Waals surface area contributed by atoms with Crippen molar-refractivity contribution < 1.29 is 24.4 Å². The molecule has 13 heteroatoms. The van der Waals surface area contributed by atoms with Crippen molar-refractivity contribution in [1.29, 1.82) is 5.26 Å². The van der Waals surface area contributed by atoms with Crippen molar-refractivity contribution in [3.05, 3.63) is 62.5 Å². The number of nitro groups is 1. The summed E-state index contributed by atoms with van der Waals surface area (Å²) in [5, 5.41) is 30.4. The van der Waals surface area contributed by atoms with Gasteiger partial charge in [0.1, 0.15) is 0 Å². The van der Waals surface area contributed by atoms with Gasteiger partial charge in [0.15, 0.2) is 0 Å². The van der Waals surface area contributed by atoms with Crippen LogP contribution >= 0.6 is 24.8 Å². The van der Waals surface area contributed by atoms with Crippen molar-refractivity contribution in [2.75, 3.05) is 52.9 Å². The molecule has 1 saturated heterocycles. The third kappa shape index (κ3) is 8.66. The summed E-state index contributed by atoms with van der Waals surface area (Å²) in [6.07, 6.45) is 0.515. The third-order valence-electron chi connectivity index (χ3n) is 7.48. The minimum Gasteiger partial charge on any atom is -0.478 e. The first-order valence-electron chi connectivity index (χ1n) is 13.0. The summed E-state index contributed by atoms with van der Waals surface area (Å²) in [5.41, 5.74) is 0.892. The maximum atomic E-state index is 13.6. The van der Waals surface area contributed by atoms with Gasteiger partial charge in [0.25, 0.3) is 5.69 Å². The Kier molecular flexibility index (Phi) is 13.3. The molecule has 0 radical (unpaired) electrons. The van der Waals surface area contributed by atoms with Crippen LogP contribution in [0.25, 0.3) is 0 Å². The number of hydrogen-bond donors (Lipinski definition) is 1. The number of ether oxygens (including phenoxy) is 1. The number of nitrogens with zero attached hydrogens (tertiary/aromatic N) is 5. The maximum absolute atomic E-state index is 13.6. The SMILES string of the molecule is CC1=C(C(=O)O)C(c2cccc([N+](=O)[O-])c2)C(C(=O)OCC(C)(C)CN2CCN(CCC#N)CC2)=C(C)N1C.Cl.Cl. The van der Waals surface area contributed by atoms with E-state index in [9.17, 15) is 24.8 Å². The number of benzene rings is 1. The summed E-state index contributed by atoms with van der Waals surface area (Å²) in [6, 6.07) is 7.91. The van der Waals surface area contributed by atoms with Crippen LogP contribution in [0.4, 0.5) is 5.69 Å². The normalized spacial score (nSPS) is 18.2. The van der Waals surface area contributed by atoms with E-state index in [2.05, 4.69) is 15.9 Å². The van der Waals surface area contributed by atoms with Gasteiger partial charge in [-0.15, -0.1) is 24.8 Å². The zero-order valence-electron chi connectivity index (χ0n) is 24.1. The number of carboxylic acid groups (broad SMARTS) is 1. The van der Waals surface area contributed by atoms with Crippen LogP contribution in [0.1, 0.15) is 45.6 Å². The zero-order chi connectivity index (χ0) is 28.9. The van der Waals surface area contributed by atoms with E-state index in [4.69, 9.17) is 10.00 Å². The van der Waals surface area contributed by atoms with Gasteiger partial charge in [0.2, 0.25) is 0 Å². The second kappa shape index (κ2) is 15.2. The number of allylic oxidation sites excluding steroid dienone is 2. The van der Waals surface area contributed by atoms with E-state index < -0.39 is 22.8 Å². The molecule has 1 unspecified atom stereocenters. The highest BCUT2D eigenvalue weighted by Crippen LogP contribution is 2.42. The number of nitriles is 1. The van der Waals surface area contributed by atoms with Crippen molar-refractivity contribution in [1.82, 2.24) is 14.7 Å². The molecule has 11 nitrogen and oxygen atoms in total. The Labute approximate surface area is 253 Å². The van der Waals surface area contributed by atoms with Crippen LogP contribution in [0.15, 0.2) is 46.8 Å². The Morgan fingerprint density at radius 3 is 2.27 bits per heavy atom. The lowest BCUT2D eigenvalue weighted by atomic mass is 9.79. The standard InChI is InChI=1S/C28H37N5O6.2ClH/c1-19-23(26(34)35)25(21-8-6-9-22(16-21)33(37)38)24(20(2)30(19)5)27(36)39-18-28(3,4)17-32-14-12-31(13-15-32)11-7-10-29;;/h6,8-9,16,25H,7,11-15,17-18H2,1-5H3,(H,34,35);2*1H. The number of non-ortho nitro benzene ring substituents is 1. The molecule has 1 fully saturated rings. The lowest BCUT2D eigenvalue weighted by Crippen LogP contribution is -2.49. The Balaban J connectivity index is 0.00000420. The summed E-state index contributed by atoms with van der Waals surface area (Å²) in [4.78, 5) is 43.1. The molecule has 0 spiro atoms. The van der Waals surface area contributed by atoms with E-state index in [1.54, 1.807) is 31.9 Å². The number of carbonyl (C=O) groups excluding carboxylic acids is 1. The summed E-state index contributed by atoms with van der Waals surface area (Å²) >= 11 is 0. The van der Waals surface area contributed by atoms with Crippen LogP contribution < -0.4 is 0 Å². The third-order valence-corrected chi connectivity index (χ3v) is 7.48. The van der Waals surface area contributed by atoms with Crippen LogP contribution in [0, 0.1) is 26.9 Å². The van der Waals surface area contributed by atoms with Gasteiger partial charge in [-0.2, -0.15) is 5.26 Å². The molecule has 2 aliphatic rings. The summed E-state index contributed by atoms with van der Waals surface area (Å²) in [6.45, 7) is 12.5. The van der Waals surface area contributed by atoms with Gasteiger partial charge in [0, 0.05) is 81.7 Å². The fraction of sp³-hybridized carbons (Fsp3) is 0.536. The molecule has 1 atom stereocenters. The smallest absolute Gasteiger partial charge is 0.336 e. The molecule has 2 aliphatic heterocycles. The summed E-state index contributed by atoms with van der Waals surface area (Å²) in [7, 11) is 1.69. The number of piperazine rings is 1. The average Bonchev–Trinajstić information content (AvgIpc) is 2.89. The molecule has 1 aromatic rings. The number of nitro benzene ring substituents is 1. The first-order chi connectivity index (χ1) is 18.4. The van der Waals surface area contributed by atoms with E-state index in [0.717, 1.165) is 32.7 Å². The van der Waals surface area contributed by atoms with E-state index in [1.807, 2.05) is 13.8 Å². The Bertz CT molecular complexity index is 1230. The van der Waals surface area contributed by atoms with Gasteiger partial charge < -0.3 is 19.6 Å². The molecule has 2 heterocycles. The van der Waals surface area contributed by atoms with E-state index in [-0.39, 0.29) is 53.7 Å². The van der Waals surface area contributed by atoms with Crippen LogP contribution in [0.5, 0.6) is 0 Å². The monoisotopic (exact) mass is 611 g/mol. The van der Waals surface area contributed by atoms with Crippen LogP contribution in [0.2, 0.25) is 0 Å². The van der Waals surface area contributed by atoms with E-state index in [1.165, 1.54) is 18.2 Å². The van der Waals surface area contributed by atoms with Gasteiger partial charge in [-0.25, -0.2) is 9.59 Å². The quantitative estimate of drug-likeness (QED) is 0.232. The van der Waals surface area contributed by atoms with Gasteiger partial charge in [-0.3, -0.25) is 15.0 Å². The summed E-state index contributed by atoms with van der Waals surface area (Å²) in [5.74, 6) is -2.87. The molecular formula is C28H39Cl2N5O6. The van der Waals surface area contributed by atoms with Crippen molar-refractivity contribution in [3.8, 4) is 6.07 Å². The second-order valence-corrected chi connectivity index (χ2v) is 10.9. The minimum absolute atomic E-state index is 0. The van der Waals surface area contributed by atoms with Crippen molar-refractivity contribution in [2.45, 2.75) is 40.0 Å². The number of hydrogen-bond acceptors (Lipinski definition) is 9. The Morgan fingerprint density at radius 2 is 1.71 bits per heavy atom. The van der Waals surface area contributed by atoms with Crippen molar-refractivity contribution in [3.63, 3.8) is 0 Å². The number of esters is 1. The lowest BCUT2D eigenvalue weighted by molar-refractivity contribution is -0.384. The predicted octanol–water partition coefficient (Wildman–Crippen LogP) is 4.20. The van der Waals surface area contributed by atoms with E-state index >= 15 is 0 Å². The van der Waals surface area contributed by atoms with Crippen molar-refractivity contribution in [2.24, 2.45) is 5.41 Å². The van der Waals surface area contributed by atoms with Crippen LogP contribution in [-0.2, 0) is 14.3 Å². The largest absolute Gasteiger partial charge is 0.478 e. The Hall–Kier alpha value is -3.17. The molecule has 1 N–H and O–H groups in total. The van der Waals surface area contributed by atoms with Crippen LogP contribution in [0.3, 0.4) is 0 Å². The predicted molar refractivity (Wildman–Crippen MR) is 159 cm³/mol. The topological polar surface area (TPSA) is 140 Å². The molecule has 0 amide bonds. The van der Waals surface area contributed by atoms with E-state index in [0.29, 0.717) is 29.9 Å². The lowest BCUT2D eigenvalue weighted by Gasteiger charge is -2.39. The van der Waals surface area contributed by atoms with Crippen molar-refractivity contribution >= 4 is 42.4 Å². The molecule has 0 bridgehead atoms. The highest BCUT2D eigenvalue weighted by Gasteiger charge is 2.40. The fourth-order valence-corrected chi connectivity index (χ4v) is 5.24. The van der Waals surface area contributed by atoms with Gasteiger partial charge in [-0.1, -0.05) is 26.0 Å². The molecule has 1 aromatic carbocycles. The first-order valence-corrected chi connectivity index (χ1v) is 13.0. The second-order valence-electron chi connectivity index (χ2n) is 10.9. The Morgan fingerprint density at radius 1 is 1.12 bits per heavy atom. The zero-order valence-corrected chi connectivity index (χ0v) is 25.7. The number of aliphatic carboxylic acids is 1. The fourth-order valence-electron chi connectivity index (χ4n) is 5.24. The minimum atomic E-state index is -1.21. The number of rotatable bonds is 10. The first kappa shape index (κ1) is 35.9.